The molecule has 0 atom stereocenters. The lowest BCUT2D eigenvalue weighted by molar-refractivity contribution is -0.116. The monoisotopic (exact) mass is 258 g/mol. The highest BCUT2D eigenvalue weighted by molar-refractivity contribution is 5.89. The lowest BCUT2D eigenvalue weighted by Gasteiger charge is -2.09. The van der Waals surface area contributed by atoms with Crippen molar-refractivity contribution in [3.8, 4) is 0 Å². The number of carbonyl (C=O) groups excluding carboxylic acids is 1. The third kappa shape index (κ3) is 3.93. The van der Waals surface area contributed by atoms with Gasteiger partial charge in [0.05, 0.1) is 6.54 Å². The summed E-state index contributed by atoms with van der Waals surface area (Å²) in [6.07, 6.45) is 4.65. The van der Waals surface area contributed by atoms with Crippen molar-refractivity contribution >= 4 is 11.9 Å². The van der Waals surface area contributed by atoms with E-state index in [2.05, 4.69) is 10.3 Å². The molecule has 1 aromatic carbocycles. The molecule has 0 radical (unpaired) electrons. The summed E-state index contributed by atoms with van der Waals surface area (Å²) >= 11 is 0. The van der Waals surface area contributed by atoms with Gasteiger partial charge in [-0.25, -0.2) is 4.98 Å². The van der Waals surface area contributed by atoms with Crippen molar-refractivity contribution in [3.05, 3.63) is 48.3 Å². The van der Waals surface area contributed by atoms with Crippen molar-refractivity contribution in [1.29, 1.82) is 0 Å². The Balaban J connectivity index is 2.00. The van der Waals surface area contributed by atoms with Crippen molar-refractivity contribution in [2.24, 2.45) is 5.73 Å². The molecule has 0 saturated carbocycles. The Labute approximate surface area is 112 Å². The zero-order valence-corrected chi connectivity index (χ0v) is 10.7. The van der Waals surface area contributed by atoms with Crippen LogP contribution in [-0.4, -0.2) is 22.0 Å². The maximum Gasteiger partial charge on any atom is 0.226 e. The summed E-state index contributed by atoms with van der Waals surface area (Å²) in [6.45, 7) is 1.21. The Hall–Kier alpha value is -2.14. The topological polar surface area (TPSA) is 72.9 Å². The minimum absolute atomic E-state index is 0.0500. The van der Waals surface area contributed by atoms with Crippen LogP contribution in [0.5, 0.6) is 0 Å². The molecule has 2 aromatic rings. The molecule has 1 aromatic heterocycles. The Bertz CT molecular complexity index is 521. The van der Waals surface area contributed by atoms with Crippen LogP contribution >= 0.6 is 0 Å². The summed E-state index contributed by atoms with van der Waals surface area (Å²) in [4.78, 5) is 15.8. The highest BCUT2D eigenvalue weighted by atomic mass is 16.1. The van der Waals surface area contributed by atoms with E-state index in [9.17, 15) is 4.79 Å². The van der Waals surface area contributed by atoms with Crippen LogP contribution in [0, 0.1) is 0 Å². The molecule has 0 bridgehead atoms. The molecular weight excluding hydrogens is 240 g/mol. The summed E-state index contributed by atoms with van der Waals surface area (Å²) in [5.41, 5.74) is 6.55. The smallest absolute Gasteiger partial charge is 0.226 e. The van der Waals surface area contributed by atoms with E-state index >= 15 is 0 Å². The van der Waals surface area contributed by atoms with E-state index in [1.54, 1.807) is 6.20 Å². The van der Waals surface area contributed by atoms with E-state index in [-0.39, 0.29) is 5.91 Å². The van der Waals surface area contributed by atoms with E-state index in [1.807, 2.05) is 41.1 Å². The van der Waals surface area contributed by atoms with Crippen LogP contribution in [0.25, 0.3) is 0 Å². The molecule has 100 valence electrons. The van der Waals surface area contributed by atoms with Gasteiger partial charge in [0, 0.05) is 18.8 Å². The highest BCUT2D eigenvalue weighted by Crippen LogP contribution is 2.09. The predicted octanol–water partition coefficient (Wildman–Crippen LogP) is 1.61. The molecule has 1 heterocycles. The summed E-state index contributed by atoms with van der Waals surface area (Å²) in [5.74, 6) is 0.525. The Morgan fingerprint density at radius 1 is 1.32 bits per heavy atom. The first-order valence-electron chi connectivity index (χ1n) is 6.34. The first-order valence-corrected chi connectivity index (χ1v) is 6.34. The third-order valence-electron chi connectivity index (χ3n) is 2.77. The molecule has 0 aliphatic heterocycles. The highest BCUT2D eigenvalue weighted by Gasteiger charge is 2.07. The van der Waals surface area contributed by atoms with Gasteiger partial charge < -0.3 is 10.3 Å². The Morgan fingerprint density at radius 2 is 2.11 bits per heavy atom. The normalized spacial score (nSPS) is 10.4. The van der Waals surface area contributed by atoms with E-state index in [1.165, 1.54) is 0 Å². The molecule has 3 N–H and O–H groups in total. The van der Waals surface area contributed by atoms with E-state index in [0.717, 1.165) is 5.56 Å². The van der Waals surface area contributed by atoms with Gasteiger partial charge in [-0.1, -0.05) is 30.3 Å². The van der Waals surface area contributed by atoms with Gasteiger partial charge in [0.1, 0.15) is 0 Å². The van der Waals surface area contributed by atoms with Crippen LogP contribution in [0.3, 0.4) is 0 Å². The number of anilines is 1. The molecule has 19 heavy (non-hydrogen) atoms. The number of hydrogen-bond acceptors (Lipinski definition) is 3. The van der Waals surface area contributed by atoms with E-state index in [4.69, 9.17) is 5.73 Å². The van der Waals surface area contributed by atoms with Gasteiger partial charge in [-0.2, -0.15) is 0 Å². The number of imidazole rings is 1. The minimum Gasteiger partial charge on any atom is -0.330 e. The van der Waals surface area contributed by atoms with Crippen LogP contribution < -0.4 is 11.1 Å². The van der Waals surface area contributed by atoms with Crippen molar-refractivity contribution < 1.29 is 4.79 Å². The van der Waals surface area contributed by atoms with Crippen LogP contribution in [0.15, 0.2) is 42.7 Å². The second-order valence-electron chi connectivity index (χ2n) is 4.30. The summed E-state index contributed by atoms with van der Waals surface area (Å²) in [5, 5.41) is 2.80. The maximum atomic E-state index is 11.7. The zero-order valence-electron chi connectivity index (χ0n) is 10.7. The molecule has 1 amide bonds. The van der Waals surface area contributed by atoms with E-state index < -0.39 is 0 Å². The summed E-state index contributed by atoms with van der Waals surface area (Å²) in [6, 6.07) is 10.0. The molecule has 0 aliphatic carbocycles. The lowest BCUT2D eigenvalue weighted by Crippen LogP contribution is -2.17. The molecule has 0 aliphatic rings. The van der Waals surface area contributed by atoms with Gasteiger partial charge in [0.2, 0.25) is 11.9 Å². The van der Waals surface area contributed by atoms with Crippen LogP contribution in [0.1, 0.15) is 18.4 Å². The fourth-order valence-corrected chi connectivity index (χ4v) is 1.79. The van der Waals surface area contributed by atoms with Gasteiger partial charge >= 0.3 is 0 Å². The number of hydrogen-bond donors (Lipinski definition) is 2. The maximum absolute atomic E-state index is 11.7. The van der Waals surface area contributed by atoms with Crippen molar-refractivity contribution in [2.45, 2.75) is 19.4 Å². The molecule has 0 saturated heterocycles. The van der Waals surface area contributed by atoms with Crippen LogP contribution in [0.2, 0.25) is 0 Å². The molecule has 5 heteroatoms. The average molecular weight is 258 g/mol. The van der Waals surface area contributed by atoms with E-state index in [0.29, 0.717) is 31.9 Å². The Morgan fingerprint density at radius 3 is 2.84 bits per heavy atom. The van der Waals surface area contributed by atoms with Gasteiger partial charge in [0.15, 0.2) is 0 Å². The minimum atomic E-state index is -0.0500. The first-order chi connectivity index (χ1) is 9.29. The quantitative estimate of drug-likeness (QED) is 0.826. The van der Waals surface area contributed by atoms with Gasteiger partial charge in [-0.15, -0.1) is 0 Å². The number of carbonyl (C=O) groups is 1. The van der Waals surface area contributed by atoms with Crippen LogP contribution in [-0.2, 0) is 11.3 Å². The second-order valence-corrected chi connectivity index (χ2v) is 4.30. The molecule has 0 unspecified atom stereocenters. The fourth-order valence-electron chi connectivity index (χ4n) is 1.79. The van der Waals surface area contributed by atoms with Gasteiger partial charge in [-0.05, 0) is 18.5 Å². The van der Waals surface area contributed by atoms with Crippen molar-refractivity contribution in [1.82, 2.24) is 9.55 Å². The molecule has 2 rings (SSSR count). The summed E-state index contributed by atoms with van der Waals surface area (Å²) in [7, 11) is 0. The standard InChI is InChI=1S/C14H18N4O/c15-8-4-7-13(19)17-14-16-9-10-18(14)11-12-5-2-1-3-6-12/h1-3,5-6,9-10H,4,7-8,11,15H2,(H,16,17,19). The lowest BCUT2D eigenvalue weighted by atomic mass is 10.2. The van der Waals surface area contributed by atoms with Gasteiger partial charge in [0.25, 0.3) is 0 Å². The SMILES string of the molecule is NCCCC(=O)Nc1nccn1Cc1ccccc1. The summed E-state index contributed by atoms with van der Waals surface area (Å²) < 4.78 is 1.91. The number of nitrogens with one attached hydrogen (secondary N) is 1. The number of nitrogens with zero attached hydrogens (tertiary/aromatic N) is 2. The fraction of sp³-hybridized carbons (Fsp3) is 0.286. The molecular formula is C14H18N4O. The average Bonchev–Trinajstić information content (AvgIpc) is 2.85. The molecule has 0 fully saturated rings. The number of benzene rings is 1. The van der Waals surface area contributed by atoms with Crippen molar-refractivity contribution in [2.75, 3.05) is 11.9 Å². The Kier molecular flexibility index (Phi) is 4.69. The molecule has 0 spiro atoms. The molecule has 5 nitrogen and oxygen atoms in total. The van der Waals surface area contributed by atoms with Crippen LogP contribution in [0.4, 0.5) is 5.95 Å². The van der Waals surface area contributed by atoms with Crippen molar-refractivity contribution in [3.63, 3.8) is 0 Å². The largest absolute Gasteiger partial charge is 0.330 e. The second kappa shape index (κ2) is 6.70. The number of rotatable bonds is 6. The number of amides is 1. The van der Waals surface area contributed by atoms with Gasteiger partial charge in [-0.3, -0.25) is 10.1 Å². The number of aromatic nitrogens is 2. The third-order valence-corrected chi connectivity index (χ3v) is 2.77. The number of nitrogens with two attached hydrogens (primary N) is 1. The predicted molar refractivity (Wildman–Crippen MR) is 74.7 cm³/mol. The zero-order chi connectivity index (χ0) is 13.5. The first kappa shape index (κ1) is 13.3.